The minimum Gasteiger partial charge on any atom is -0.492 e. The fraction of sp³-hybridized carbons (Fsp3) is 0.467. The molecule has 20 heavy (non-hydrogen) atoms. The van der Waals surface area contributed by atoms with Gasteiger partial charge in [-0.3, -0.25) is 0 Å². The van der Waals surface area contributed by atoms with Crippen molar-refractivity contribution in [2.75, 3.05) is 12.4 Å². The molecule has 0 bridgehead atoms. The van der Waals surface area contributed by atoms with E-state index in [9.17, 15) is 0 Å². The number of unbranched alkanes of at least 4 members (excludes halogenated alkanes) is 1. The number of rotatable bonds is 8. The highest BCUT2D eigenvalue weighted by Gasteiger charge is 2.05. The molecule has 2 rings (SSSR count). The van der Waals surface area contributed by atoms with Crippen LogP contribution in [0.1, 0.15) is 25.3 Å². The van der Waals surface area contributed by atoms with Crippen molar-refractivity contribution in [2.45, 2.75) is 38.4 Å². The van der Waals surface area contributed by atoms with Crippen LogP contribution in [0.2, 0.25) is 0 Å². The van der Waals surface area contributed by atoms with Gasteiger partial charge in [0, 0.05) is 12.3 Å². The van der Waals surface area contributed by atoms with E-state index in [-0.39, 0.29) is 0 Å². The first kappa shape index (κ1) is 14.9. The molecule has 0 fully saturated rings. The van der Waals surface area contributed by atoms with Gasteiger partial charge in [0.05, 0.1) is 6.61 Å². The Kier molecular flexibility index (Phi) is 5.92. The summed E-state index contributed by atoms with van der Waals surface area (Å²) in [5.41, 5.74) is 1.17. The second-order valence-corrected chi connectivity index (χ2v) is 5.68. The van der Waals surface area contributed by atoms with Gasteiger partial charge in [0.1, 0.15) is 12.1 Å². The number of para-hydroxylation sites is 1. The number of benzene rings is 1. The Morgan fingerprint density at radius 3 is 2.95 bits per heavy atom. The number of aryl methyl sites for hydroxylation is 2. The third kappa shape index (κ3) is 4.27. The zero-order valence-electron chi connectivity index (χ0n) is 12.1. The molecule has 0 aliphatic rings. The highest BCUT2D eigenvalue weighted by molar-refractivity contribution is 7.99. The molecular weight excluding hydrogens is 270 g/mol. The van der Waals surface area contributed by atoms with Gasteiger partial charge >= 0.3 is 0 Å². The maximum absolute atomic E-state index is 5.78. The molecule has 0 radical (unpaired) electrons. The molecule has 0 spiro atoms. The molecule has 2 aromatic rings. The highest BCUT2D eigenvalue weighted by Crippen LogP contribution is 2.18. The van der Waals surface area contributed by atoms with Crippen molar-refractivity contribution in [3.8, 4) is 5.75 Å². The quantitative estimate of drug-likeness (QED) is 0.551. The molecule has 0 saturated heterocycles. The minimum absolute atomic E-state index is 0.677. The molecule has 4 nitrogen and oxygen atoms in total. The first-order valence-corrected chi connectivity index (χ1v) is 7.99. The minimum atomic E-state index is 0.677. The lowest BCUT2D eigenvalue weighted by Crippen LogP contribution is -2.04. The summed E-state index contributed by atoms with van der Waals surface area (Å²) in [7, 11) is 0. The number of nitrogens with zero attached hydrogens (tertiary/aromatic N) is 3. The average molecular weight is 291 g/mol. The molecule has 108 valence electrons. The third-order valence-electron chi connectivity index (χ3n) is 3.00. The van der Waals surface area contributed by atoms with Gasteiger partial charge < -0.3 is 9.30 Å². The van der Waals surface area contributed by atoms with Crippen LogP contribution in [0.4, 0.5) is 0 Å². The second kappa shape index (κ2) is 7.94. The molecule has 0 unspecified atom stereocenters. The van der Waals surface area contributed by atoms with Crippen molar-refractivity contribution < 1.29 is 4.74 Å². The fourth-order valence-electron chi connectivity index (χ4n) is 1.84. The first-order valence-electron chi connectivity index (χ1n) is 7.00. The van der Waals surface area contributed by atoms with E-state index in [0.717, 1.165) is 29.6 Å². The molecule has 0 aliphatic heterocycles. The lowest BCUT2D eigenvalue weighted by Gasteiger charge is -2.08. The molecular formula is C15H21N3OS. The van der Waals surface area contributed by atoms with Crippen LogP contribution in [0.15, 0.2) is 35.7 Å². The Balaban J connectivity index is 1.76. The Hall–Kier alpha value is -1.49. The average Bonchev–Trinajstić information content (AvgIpc) is 2.90. The SMILES string of the molecule is CCCCn1cnnc1SCCOc1ccccc1C. The molecule has 0 atom stereocenters. The van der Waals surface area contributed by atoms with Gasteiger partial charge in [-0.1, -0.05) is 43.3 Å². The Morgan fingerprint density at radius 2 is 2.15 bits per heavy atom. The van der Waals surface area contributed by atoms with Crippen LogP contribution in [-0.2, 0) is 6.54 Å². The highest BCUT2D eigenvalue weighted by atomic mass is 32.2. The standard InChI is InChI=1S/C15H21N3OS/c1-3-4-9-18-12-16-17-15(18)20-11-10-19-14-8-6-5-7-13(14)2/h5-8,12H,3-4,9-11H2,1-2H3. The molecule has 1 aromatic heterocycles. The summed E-state index contributed by atoms with van der Waals surface area (Å²) in [6, 6.07) is 8.08. The number of ether oxygens (including phenoxy) is 1. The van der Waals surface area contributed by atoms with E-state index in [4.69, 9.17) is 4.74 Å². The fourth-order valence-corrected chi connectivity index (χ4v) is 2.60. The lowest BCUT2D eigenvalue weighted by atomic mass is 10.2. The molecule has 0 amide bonds. The molecule has 1 heterocycles. The van der Waals surface area contributed by atoms with E-state index in [1.807, 2.05) is 18.2 Å². The van der Waals surface area contributed by atoms with E-state index in [2.05, 4.69) is 34.7 Å². The van der Waals surface area contributed by atoms with Crippen molar-refractivity contribution >= 4 is 11.8 Å². The van der Waals surface area contributed by atoms with Gasteiger partial charge in [0.15, 0.2) is 5.16 Å². The van der Waals surface area contributed by atoms with E-state index in [1.165, 1.54) is 12.0 Å². The summed E-state index contributed by atoms with van der Waals surface area (Å²) < 4.78 is 7.89. The maximum Gasteiger partial charge on any atom is 0.191 e. The van der Waals surface area contributed by atoms with Crippen LogP contribution < -0.4 is 4.74 Å². The first-order chi connectivity index (χ1) is 9.81. The monoisotopic (exact) mass is 291 g/mol. The number of thioether (sulfide) groups is 1. The molecule has 0 aliphatic carbocycles. The van der Waals surface area contributed by atoms with E-state index in [1.54, 1.807) is 18.1 Å². The van der Waals surface area contributed by atoms with E-state index in [0.29, 0.717) is 6.61 Å². The summed E-state index contributed by atoms with van der Waals surface area (Å²) in [6.45, 7) is 5.91. The van der Waals surface area contributed by atoms with Gasteiger partial charge in [0.2, 0.25) is 0 Å². The molecule has 5 heteroatoms. The van der Waals surface area contributed by atoms with Gasteiger partial charge in [-0.15, -0.1) is 10.2 Å². The molecule has 0 saturated carbocycles. The summed E-state index contributed by atoms with van der Waals surface area (Å²) in [5.74, 6) is 1.83. The van der Waals surface area contributed by atoms with Gasteiger partial charge in [0.25, 0.3) is 0 Å². The number of aromatic nitrogens is 3. The molecule has 1 aromatic carbocycles. The van der Waals surface area contributed by atoms with Crippen LogP contribution >= 0.6 is 11.8 Å². The molecule has 0 N–H and O–H groups in total. The summed E-state index contributed by atoms with van der Waals surface area (Å²) in [5, 5.41) is 9.11. The number of hydrogen-bond donors (Lipinski definition) is 0. The van der Waals surface area contributed by atoms with E-state index < -0.39 is 0 Å². The van der Waals surface area contributed by atoms with Crippen LogP contribution in [-0.4, -0.2) is 27.1 Å². The third-order valence-corrected chi connectivity index (χ3v) is 3.94. The zero-order chi connectivity index (χ0) is 14.2. The van der Waals surface area contributed by atoms with Crippen molar-refractivity contribution in [3.63, 3.8) is 0 Å². The predicted octanol–water partition coefficient (Wildman–Crippen LogP) is 3.56. The van der Waals surface area contributed by atoms with Gasteiger partial charge in [-0.25, -0.2) is 0 Å². The lowest BCUT2D eigenvalue weighted by molar-refractivity contribution is 0.341. The van der Waals surface area contributed by atoms with Gasteiger partial charge in [-0.2, -0.15) is 0 Å². The van der Waals surface area contributed by atoms with Crippen molar-refractivity contribution in [1.82, 2.24) is 14.8 Å². The van der Waals surface area contributed by atoms with Crippen molar-refractivity contribution in [2.24, 2.45) is 0 Å². The summed E-state index contributed by atoms with van der Waals surface area (Å²) in [4.78, 5) is 0. The van der Waals surface area contributed by atoms with Crippen molar-refractivity contribution in [1.29, 1.82) is 0 Å². The Bertz CT molecular complexity index is 527. The summed E-state index contributed by atoms with van der Waals surface area (Å²) >= 11 is 1.69. The second-order valence-electron chi connectivity index (χ2n) is 4.62. The van der Waals surface area contributed by atoms with Crippen LogP contribution in [0.3, 0.4) is 0 Å². The van der Waals surface area contributed by atoms with Crippen LogP contribution in [0, 0.1) is 6.92 Å². The summed E-state index contributed by atoms with van der Waals surface area (Å²) in [6.07, 6.45) is 4.14. The zero-order valence-corrected chi connectivity index (χ0v) is 12.9. The van der Waals surface area contributed by atoms with E-state index >= 15 is 0 Å². The smallest absolute Gasteiger partial charge is 0.191 e. The normalized spacial score (nSPS) is 10.7. The Morgan fingerprint density at radius 1 is 1.30 bits per heavy atom. The largest absolute Gasteiger partial charge is 0.492 e. The van der Waals surface area contributed by atoms with Gasteiger partial charge in [-0.05, 0) is 25.0 Å². The van der Waals surface area contributed by atoms with Crippen molar-refractivity contribution in [3.05, 3.63) is 36.2 Å². The van der Waals surface area contributed by atoms with Crippen LogP contribution in [0.5, 0.6) is 5.75 Å². The topological polar surface area (TPSA) is 39.9 Å². The Labute approximate surface area is 124 Å². The predicted molar refractivity (Wildman–Crippen MR) is 82.3 cm³/mol. The maximum atomic E-state index is 5.78. The van der Waals surface area contributed by atoms with Crippen LogP contribution in [0.25, 0.3) is 0 Å². The number of hydrogen-bond acceptors (Lipinski definition) is 4.